The Kier molecular flexibility index (Phi) is 4.51. The zero-order chi connectivity index (χ0) is 7.28. The van der Waals surface area contributed by atoms with Crippen LogP contribution in [0.2, 0.25) is 0 Å². The van der Waals surface area contributed by atoms with Gasteiger partial charge in [-0.05, 0) is 5.92 Å². The molecule has 9 heavy (non-hydrogen) atoms. The molecule has 0 aromatic rings. The van der Waals surface area contributed by atoms with E-state index in [1.165, 1.54) is 6.26 Å². The first-order chi connectivity index (χ1) is 4.16. The second kappa shape index (κ2) is 4.63. The molecule has 0 rings (SSSR count). The zero-order valence-electron chi connectivity index (χ0n) is 5.89. The lowest BCUT2D eigenvalue weighted by molar-refractivity contribution is 0.457. The van der Waals surface area contributed by atoms with Crippen LogP contribution in [0.1, 0.15) is 13.8 Å². The summed E-state index contributed by atoms with van der Waals surface area (Å²) in [5.74, 6) is 0.441. The van der Waals surface area contributed by atoms with Crippen LogP contribution in [0, 0.1) is 5.92 Å². The van der Waals surface area contributed by atoms with E-state index >= 15 is 0 Å². The van der Waals surface area contributed by atoms with Gasteiger partial charge < -0.3 is 4.52 Å². The lowest BCUT2D eigenvalue weighted by Gasteiger charge is -2.02. The van der Waals surface area contributed by atoms with E-state index in [9.17, 15) is 4.57 Å². The third-order valence-corrected chi connectivity index (χ3v) is 2.37. The van der Waals surface area contributed by atoms with Crippen LogP contribution in [-0.4, -0.2) is 6.16 Å². The van der Waals surface area contributed by atoms with Gasteiger partial charge in [0, 0.05) is 6.16 Å². The van der Waals surface area contributed by atoms with Gasteiger partial charge in [-0.15, -0.1) is 0 Å². The molecule has 0 aromatic carbocycles. The predicted octanol–water partition coefficient (Wildman–Crippen LogP) is 2.28. The third-order valence-electron chi connectivity index (χ3n) is 0.790. The van der Waals surface area contributed by atoms with Gasteiger partial charge in [0.05, 0.1) is 6.26 Å². The number of rotatable bonds is 4. The first kappa shape index (κ1) is 8.77. The van der Waals surface area contributed by atoms with Gasteiger partial charge >= 0.3 is 0 Å². The second-order valence-corrected chi connectivity index (χ2v) is 3.64. The first-order valence-electron chi connectivity index (χ1n) is 2.97. The SMILES string of the molecule is C=CO[PH](=O)CC(C)C. The Morgan fingerprint density at radius 2 is 2.33 bits per heavy atom. The highest BCUT2D eigenvalue weighted by Gasteiger charge is 1.99. The van der Waals surface area contributed by atoms with Gasteiger partial charge in [-0.3, -0.25) is 4.57 Å². The zero-order valence-corrected chi connectivity index (χ0v) is 6.89. The summed E-state index contributed by atoms with van der Waals surface area (Å²) in [5.41, 5.74) is 0. The van der Waals surface area contributed by atoms with E-state index in [-0.39, 0.29) is 0 Å². The fourth-order valence-corrected chi connectivity index (χ4v) is 1.42. The van der Waals surface area contributed by atoms with Crippen LogP contribution in [-0.2, 0) is 9.09 Å². The summed E-state index contributed by atoms with van der Waals surface area (Å²) < 4.78 is 15.4. The highest BCUT2D eigenvalue weighted by Crippen LogP contribution is 2.24. The molecule has 1 unspecified atom stereocenters. The molecule has 0 aliphatic carbocycles. The van der Waals surface area contributed by atoms with Crippen molar-refractivity contribution in [1.82, 2.24) is 0 Å². The Hall–Kier alpha value is -0.230. The molecule has 0 amide bonds. The maximum Gasteiger partial charge on any atom is 0.236 e. The van der Waals surface area contributed by atoms with Gasteiger partial charge in [0.15, 0.2) is 0 Å². The molecule has 54 valence electrons. The molecular formula is C6H13O2P. The van der Waals surface area contributed by atoms with Gasteiger partial charge in [0.1, 0.15) is 0 Å². The van der Waals surface area contributed by atoms with E-state index in [4.69, 9.17) is 0 Å². The maximum atomic E-state index is 10.7. The molecular weight excluding hydrogens is 135 g/mol. The minimum Gasteiger partial charge on any atom is -0.453 e. The van der Waals surface area contributed by atoms with Crippen LogP contribution in [0.25, 0.3) is 0 Å². The molecule has 0 aromatic heterocycles. The lowest BCUT2D eigenvalue weighted by Crippen LogP contribution is -1.89. The Bertz CT molecular complexity index is 110. The average Bonchev–Trinajstić information content (AvgIpc) is 1.63. The van der Waals surface area contributed by atoms with Crippen LogP contribution >= 0.6 is 8.03 Å². The lowest BCUT2D eigenvalue weighted by atomic mass is 10.3. The Labute approximate surface area is 56.8 Å². The molecule has 0 N–H and O–H groups in total. The van der Waals surface area contributed by atoms with Crippen molar-refractivity contribution in [2.75, 3.05) is 6.16 Å². The molecule has 0 spiro atoms. The average molecular weight is 148 g/mol. The summed E-state index contributed by atoms with van der Waals surface area (Å²) in [7, 11) is -1.81. The van der Waals surface area contributed by atoms with Crippen molar-refractivity contribution >= 4 is 8.03 Å². The van der Waals surface area contributed by atoms with Gasteiger partial charge in [0.25, 0.3) is 0 Å². The summed E-state index contributed by atoms with van der Waals surface area (Å²) in [4.78, 5) is 0. The normalized spacial score (nSPS) is 13.2. The molecule has 0 bridgehead atoms. The van der Waals surface area contributed by atoms with Crippen molar-refractivity contribution in [2.24, 2.45) is 5.92 Å². The van der Waals surface area contributed by atoms with Gasteiger partial charge in [-0.2, -0.15) is 0 Å². The van der Waals surface area contributed by atoms with Crippen molar-refractivity contribution in [2.45, 2.75) is 13.8 Å². The van der Waals surface area contributed by atoms with Gasteiger partial charge in [-0.1, -0.05) is 20.4 Å². The van der Waals surface area contributed by atoms with Gasteiger partial charge in [-0.25, -0.2) is 0 Å². The summed E-state index contributed by atoms with van der Waals surface area (Å²) in [6.45, 7) is 7.33. The van der Waals surface area contributed by atoms with E-state index in [1.54, 1.807) is 0 Å². The van der Waals surface area contributed by atoms with Crippen LogP contribution in [0.3, 0.4) is 0 Å². The van der Waals surface area contributed by atoms with E-state index in [2.05, 4.69) is 11.1 Å². The summed E-state index contributed by atoms with van der Waals surface area (Å²) in [6.07, 6.45) is 1.89. The topological polar surface area (TPSA) is 26.3 Å². The molecule has 0 heterocycles. The first-order valence-corrected chi connectivity index (χ1v) is 4.49. The fourth-order valence-electron chi connectivity index (χ4n) is 0.474. The number of hydrogen-bond donors (Lipinski definition) is 0. The molecule has 0 aliphatic rings. The van der Waals surface area contributed by atoms with Crippen molar-refractivity contribution < 1.29 is 9.09 Å². The summed E-state index contributed by atoms with van der Waals surface area (Å²) in [6, 6.07) is 0. The van der Waals surface area contributed by atoms with Crippen LogP contribution in [0.4, 0.5) is 0 Å². The second-order valence-electron chi connectivity index (χ2n) is 2.25. The third kappa shape index (κ3) is 5.64. The standard InChI is InChI=1S/C6H13O2P/c1-4-8-9(7)5-6(2)3/h4,6,9H,1,5H2,2-3H3. The summed E-state index contributed by atoms with van der Waals surface area (Å²) in [5, 5.41) is 0. The number of hydrogen-bond acceptors (Lipinski definition) is 2. The quantitative estimate of drug-likeness (QED) is 0.451. The fraction of sp³-hybridized carbons (Fsp3) is 0.667. The highest BCUT2D eigenvalue weighted by atomic mass is 31.1. The smallest absolute Gasteiger partial charge is 0.236 e. The Morgan fingerprint density at radius 1 is 1.78 bits per heavy atom. The van der Waals surface area contributed by atoms with Crippen molar-refractivity contribution in [1.29, 1.82) is 0 Å². The van der Waals surface area contributed by atoms with Crippen LogP contribution < -0.4 is 0 Å². The van der Waals surface area contributed by atoms with E-state index < -0.39 is 8.03 Å². The Balaban J connectivity index is 3.38. The minimum absolute atomic E-state index is 0.441. The molecule has 1 atom stereocenters. The monoisotopic (exact) mass is 148 g/mol. The van der Waals surface area contributed by atoms with Crippen molar-refractivity contribution in [3.63, 3.8) is 0 Å². The highest BCUT2D eigenvalue weighted by molar-refractivity contribution is 7.39. The van der Waals surface area contributed by atoms with E-state index in [0.29, 0.717) is 12.1 Å². The van der Waals surface area contributed by atoms with E-state index in [0.717, 1.165) is 0 Å². The van der Waals surface area contributed by atoms with Crippen LogP contribution in [0.15, 0.2) is 12.8 Å². The maximum absolute atomic E-state index is 10.7. The molecule has 3 heteroatoms. The Morgan fingerprint density at radius 3 is 2.67 bits per heavy atom. The molecule has 0 radical (unpaired) electrons. The van der Waals surface area contributed by atoms with Crippen molar-refractivity contribution in [3.05, 3.63) is 12.8 Å². The minimum atomic E-state index is -1.81. The van der Waals surface area contributed by atoms with Crippen LogP contribution in [0.5, 0.6) is 0 Å². The predicted molar refractivity (Wildman–Crippen MR) is 40.0 cm³/mol. The van der Waals surface area contributed by atoms with Gasteiger partial charge in [0.2, 0.25) is 8.03 Å². The molecule has 0 fully saturated rings. The molecule has 0 aliphatic heterocycles. The largest absolute Gasteiger partial charge is 0.453 e. The van der Waals surface area contributed by atoms with E-state index in [1.807, 2.05) is 13.8 Å². The van der Waals surface area contributed by atoms with Crippen molar-refractivity contribution in [3.8, 4) is 0 Å². The molecule has 2 nitrogen and oxygen atoms in total. The summed E-state index contributed by atoms with van der Waals surface area (Å²) >= 11 is 0. The molecule has 0 saturated heterocycles. The molecule has 0 saturated carbocycles.